The molecule has 3 N–H and O–H groups in total. The van der Waals surface area contributed by atoms with Gasteiger partial charge in [-0.05, 0) is 46.6 Å². The summed E-state index contributed by atoms with van der Waals surface area (Å²) in [6.45, 7) is 4.27. The number of carbonyl (C=O) groups is 3. The zero-order valence-corrected chi connectivity index (χ0v) is 27.8. The van der Waals surface area contributed by atoms with Gasteiger partial charge in [0.1, 0.15) is 22.8 Å². The van der Waals surface area contributed by atoms with Crippen molar-refractivity contribution in [2.75, 3.05) is 19.9 Å². The molecule has 2 bridgehead atoms. The lowest BCUT2D eigenvalue weighted by Crippen LogP contribution is -2.52. The van der Waals surface area contributed by atoms with Crippen LogP contribution in [0.15, 0.2) is 34.3 Å². The summed E-state index contributed by atoms with van der Waals surface area (Å²) in [5.41, 5.74) is -3.65. The number of oxime groups is 1. The Kier molecular flexibility index (Phi) is 9.89. The van der Waals surface area contributed by atoms with Gasteiger partial charge in [0, 0.05) is 43.4 Å². The minimum atomic E-state index is -4.87. The first-order valence-electron chi connectivity index (χ1n) is 15.1. The van der Waals surface area contributed by atoms with Gasteiger partial charge < -0.3 is 43.6 Å². The summed E-state index contributed by atoms with van der Waals surface area (Å²) < 4.78 is 60.1. The van der Waals surface area contributed by atoms with Gasteiger partial charge in [0.15, 0.2) is 11.3 Å². The van der Waals surface area contributed by atoms with Crippen LogP contribution < -0.4 is 15.5 Å². The van der Waals surface area contributed by atoms with Crippen molar-refractivity contribution in [3.05, 3.63) is 63.1 Å². The number of fused-ring (bicyclic) bond motifs is 5. The number of hydrogen-bond donors (Lipinski definition) is 3. The molecule has 3 atom stereocenters. The molecule has 3 aliphatic heterocycles. The predicted molar refractivity (Wildman–Crippen MR) is 164 cm³/mol. The third-order valence-corrected chi connectivity index (χ3v) is 8.91. The Morgan fingerprint density at radius 2 is 1.98 bits per heavy atom. The molecule has 1 fully saturated rings. The van der Waals surface area contributed by atoms with E-state index < -0.39 is 91.4 Å². The van der Waals surface area contributed by atoms with Crippen LogP contribution >= 0.6 is 7.82 Å². The maximum absolute atomic E-state index is 14.3. The third kappa shape index (κ3) is 7.77. The van der Waals surface area contributed by atoms with Crippen LogP contribution in [0.5, 0.6) is 5.75 Å². The molecule has 0 unspecified atom stereocenters. The van der Waals surface area contributed by atoms with Gasteiger partial charge in [-0.3, -0.25) is 18.9 Å². The molecule has 3 aliphatic rings. The van der Waals surface area contributed by atoms with Crippen molar-refractivity contribution in [1.82, 2.24) is 14.8 Å². The summed E-state index contributed by atoms with van der Waals surface area (Å²) >= 11 is 0. The second kappa shape index (κ2) is 13.5. The maximum Gasteiger partial charge on any atom is 0.511 e. The van der Waals surface area contributed by atoms with Crippen LogP contribution in [0.25, 0.3) is 0 Å². The number of aromatic nitrogens is 1. The number of nitrogens with zero attached hydrogens (tertiary/aromatic N) is 3. The van der Waals surface area contributed by atoms with E-state index in [1.807, 2.05) is 6.92 Å². The number of phosphoric ester groups is 1. The molecule has 5 rings (SSSR count). The number of rotatable bonds is 10. The van der Waals surface area contributed by atoms with Crippen molar-refractivity contribution in [3.8, 4) is 5.75 Å². The molecule has 16 nitrogen and oxygen atoms in total. The molecular formula is C30H35F2N4O12P. The quantitative estimate of drug-likeness (QED) is 0.185. The molecule has 2 amide bonds. The first-order valence-corrected chi connectivity index (χ1v) is 16.7. The van der Waals surface area contributed by atoms with Gasteiger partial charge in [-0.1, -0.05) is 11.2 Å². The smallest absolute Gasteiger partial charge is 0.451 e. The van der Waals surface area contributed by atoms with Crippen molar-refractivity contribution in [2.24, 2.45) is 5.16 Å². The lowest BCUT2D eigenvalue weighted by atomic mass is 9.84. The Labute approximate surface area is 278 Å². The highest BCUT2D eigenvalue weighted by Crippen LogP contribution is 2.46. The Hall–Kier alpha value is -4.38. The molecule has 1 saturated heterocycles. The number of hydrogen-bond acceptors (Lipinski definition) is 11. The summed E-state index contributed by atoms with van der Waals surface area (Å²) in [5, 5.41) is 6.60. The van der Waals surface area contributed by atoms with E-state index in [9.17, 15) is 32.5 Å². The summed E-state index contributed by atoms with van der Waals surface area (Å²) in [6.07, 6.45) is 1.25. The van der Waals surface area contributed by atoms with Gasteiger partial charge in [-0.25, -0.2) is 18.1 Å². The minimum absolute atomic E-state index is 0.0557. The van der Waals surface area contributed by atoms with Gasteiger partial charge in [-0.2, -0.15) is 0 Å². The molecule has 0 radical (unpaired) electrons. The molecule has 1 aromatic heterocycles. The largest absolute Gasteiger partial charge is 0.511 e. The molecule has 266 valence electrons. The van der Waals surface area contributed by atoms with E-state index in [1.54, 1.807) is 11.8 Å². The summed E-state index contributed by atoms with van der Waals surface area (Å²) in [6, 6.07) is 1.85. The Morgan fingerprint density at radius 1 is 1.24 bits per heavy atom. The SMILES string of the molecule is CC1=NO[C@@]2(CC[C@H](C)N3C[C@H]2n2cc(C(=O)NCc4ccc(F)cc4F)c(=O)c(OCOC(=O)OC(C)(C)COP(=O)(O)O)c2C3=O)C1. The van der Waals surface area contributed by atoms with Crippen LogP contribution in [0.1, 0.15) is 79.4 Å². The summed E-state index contributed by atoms with van der Waals surface area (Å²) in [4.78, 5) is 79.2. The number of phosphoric acid groups is 1. The van der Waals surface area contributed by atoms with Gasteiger partial charge in [0.05, 0.1) is 18.4 Å². The first-order chi connectivity index (χ1) is 22.9. The van der Waals surface area contributed by atoms with E-state index in [4.69, 9.17) is 28.8 Å². The van der Waals surface area contributed by atoms with E-state index >= 15 is 0 Å². The van der Waals surface area contributed by atoms with Crippen molar-refractivity contribution in [1.29, 1.82) is 0 Å². The lowest BCUT2D eigenvalue weighted by molar-refractivity contribution is -0.0668. The minimum Gasteiger partial charge on any atom is -0.451 e. The molecule has 0 saturated carbocycles. The number of pyridine rings is 1. The molecule has 1 aromatic carbocycles. The van der Waals surface area contributed by atoms with E-state index in [2.05, 4.69) is 15.0 Å². The highest BCUT2D eigenvalue weighted by molar-refractivity contribution is 7.46. The Balaban J connectivity index is 1.48. The van der Waals surface area contributed by atoms with Crippen LogP contribution in [0.2, 0.25) is 0 Å². The fourth-order valence-electron chi connectivity index (χ4n) is 6.00. The van der Waals surface area contributed by atoms with Gasteiger partial charge in [0.25, 0.3) is 11.8 Å². The second-order valence-corrected chi connectivity index (χ2v) is 13.9. The summed E-state index contributed by atoms with van der Waals surface area (Å²) in [5.74, 6) is -3.92. The van der Waals surface area contributed by atoms with Crippen LogP contribution in [0.3, 0.4) is 0 Å². The van der Waals surface area contributed by atoms with Gasteiger partial charge in [0.2, 0.25) is 18.0 Å². The molecule has 19 heteroatoms. The standard InChI is InChI=1S/C30H35F2N4O12P/c1-16-10-30(48-34-16)8-7-17(2)35-13-22(30)36-12-20(26(38)33-11-18-5-6-19(31)9-21(18)32)24(37)25(23(36)27(35)39)44-15-45-28(40)47-29(3,4)14-46-49(41,42)43/h5-6,9,12,17,22H,7-8,10-11,13-15H2,1-4H3,(H,33,38)(H2,41,42,43)/t17-,22+,30-/m0/s1. The molecule has 49 heavy (non-hydrogen) atoms. The fraction of sp³-hybridized carbons (Fsp3) is 0.500. The van der Waals surface area contributed by atoms with E-state index in [-0.39, 0.29) is 23.8 Å². The zero-order valence-electron chi connectivity index (χ0n) is 26.9. The van der Waals surface area contributed by atoms with Crippen molar-refractivity contribution in [2.45, 2.75) is 76.8 Å². The first kappa shape index (κ1) is 35.9. The maximum atomic E-state index is 14.3. The van der Waals surface area contributed by atoms with Crippen LogP contribution in [-0.2, 0) is 29.9 Å². The van der Waals surface area contributed by atoms with Crippen LogP contribution in [0, 0.1) is 11.6 Å². The van der Waals surface area contributed by atoms with E-state index in [0.717, 1.165) is 12.1 Å². The molecule has 0 aliphatic carbocycles. The number of benzene rings is 1. The Morgan fingerprint density at radius 3 is 2.63 bits per heavy atom. The fourth-order valence-corrected chi connectivity index (χ4v) is 6.48. The van der Waals surface area contributed by atoms with Crippen molar-refractivity contribution >= 4 is 31.5 Å². The Bertz CT molecular complexity index is 1810. The number of nitrogens with one attached hydrogen (secondary N) is 1. The number of amides is 2. The van der Waals surface area contributed by atoms with Crippen LogP contribution in [-0.4, -0.2) is 80.1 Å². The van der Waals surface area contributed by atoms with Crippen molar-refractivity contribution < 1.29 is 61.1 Å². The second-order valence-electron chi connectivity index (χ2n) is 12.7. The van der Waals surface area contributed by atoms with E-state index in [0.29, 0.717) is 31.0 Å². The number of halogens is 2. The van der Waals surface area contributed by atoms with Gasteiger partial charge >= 0.3 is 14.0 Å². The topological polar surface area (TPSA) is 205 Å². The zero-order chi connectivity index (χ0) is 35.9. The van der Waals surface area contributed by atoms with Gasteiger partial charge in [-0.15, -0.1) is 0 Å². The molecule has 4 heterocycles. The highest BCUT2D eigenvalue weighted by atomic mass is 31.2. The number of ether oxygens (including phenoxy) is 3. The average molecular weight is 713 g/mol. The number of carbonyl (C=O) groups excluding carboxylic acids is 3. The molecular weight excluding hydrogens is 677 g/mol. The summed E-state index contributed by atoms with van der Waals surface area (Å²) in [7, 11) is -4.87. The van der Waals surface area contributed by atoms with Crippen molar-refractivity contribution in [3.63, 3.8) is 0 Å². The van der Waals surface area contributed by atoms with E-state index in [1.165, 1.54) is 24.6 Å². The average Bonchev–Trinajstić information content (AvgIpc) is 3.34. The monoisotopic (exact) mass is 712 g/mol. The highest BCUT2D eigenvalue weighted by Gasteiger charge is 2.54. The lowest BCUT2D eigenvalue weighted by Gasteiger charge is -2.42. The molecule has 1 spiro atoms. The normalized spacial score (nSPS) is 21.8. The molecule has 2 aromatic rings. The third-order valence-electron chi connectivity index (χ3n) is 8.44. The predicted octanol–water partition coefficient (Wildman–Crippen LogP) is 3.15. The van der Waals surface area contributed by atoms with Crippen LogP contribution in [0.4, 0.5) is 13.6 Å².